The molecule has 0 spiro atoms. The molecule has 3 atom stereocenters. The van der Waals surface area contributed by atoms with Crippen LogP contribution in [-0.4, -0.2) is 12.3 Å². The molecule has 1 aliphatic rings. The SMILES string of the molecule is CC1C[C@@H](F)[C@@H](F)C1. The summed E-state index contributed by atoms with van der Waals surface area (Å²) in [5.74, 6) is 0.250. The molecule has 0 aliphatic heterocycles. The minimum atomic E-state index is -1.18. The van der Waals surface area contributed by atoms with Gasteiger partial charge in [-0.05, 0) is 18.8 Å². The van der Waals surface area contributed by atoms with Crippen LogP contribution in [0.1, 0.15) is 19.8 Å². The fourth-order valence-electron chi connectivity index (χ4n) is 1.16. The topological polar surface area (TPSA) is 0 Å². The second-order valence-electron chi connectivity index (χ2n) is 2.61. The van der Waals surface area contributed by atoms with E-state index >= 15 is 0 Å². The van der Waals surface area contributed by atoms with Crippen LogP contribution in [0.5, 0.6) is 0 Å². The zero-order chi connectivity index (χ0) is 6.15. The van der Waals surface area contributed by atoms with E-state index in [1.165, 1.54) is 0 Å². The zero-order valence-corrected chi connectivity index (χ0v) is 4.90. The number of alkyl halides is 2. The summed E-state index contributed by atoms with van der Waals surface area (Å²) in [7, 11) is 0. The van der Waals surface area contributed by atoms with Crippen LogP contribution >= 0.6 is 0 Å². The smallest absolute Gasteiger partial charge is 0.131 e. The summed E-state index contributed by atoms with van der Waals surface area (Å²) < 4.78 is 24.4. The summed E-state index contributed by atoms with van der Waals surface area (Å²) in [6.07, 6.45) is -1.52. The average molecular weight is 120 g/mol. The Morgan fingerprint density at radius 1 is 1.12 bits per heavy atom. The van der Waals surface area contributed by atoms with Crippen LogP contribution in [0.2, 0.25) is 0 Å². The molecule has 8 heavy (non-hydrogen) atoms. The van der Waals surface area contributed by atoms with Crippen molar-refractivity contribution in [3.05, 3.63) is 0 Å². The number of halogens is 2. The van der Waals surface area contributed by atoms with Crippen LogP contribution < -0.4 is 0 Å². The van der Waals surface area contributed by atoms with Crippen molar-refractivity contribution in [1.82, 2.24) is 0 Å². The molecule has 0 aromatic carbocycles. The first kappa shape index (κ1) is 5.99. The van der Waals surface area contributed by atoms with E-state index in [0.717, 1.165) is 0 Å². The summed E-state index contributed by atoms with van der Waals surface area (Å²) in [5.41, 5.74) is 0. The molecule has 0 saturated heterocycles. The third kappa shape index (κ3) is 0.984. The van der Waals surface area contributed by atoms with Crippen LogP contribution in [0, 0.1) is 5.92 Å². The highest BCUT2D eigenvalue weighted by Crippen LogP contribution is 2.29. The Hall–Kier alpha value is -0.140. The standard InChI is InChI=1S/C6H10F2/c1-4-2-5(7)6(8)3-4/h4-6H,2-3H2,1H3/t4?,5-,6+. The zero-order valence-electron chi connectivity index (χ0n) is 4.90. The molecule has 48 valence electrons. The molecule has 0 aromatic heterocycles. The van der Waals surface area contributed by atoms with E-state index in [2.05, 4.69) is 0 Å². The molecule has 1 saturated carbocycles. The Balaban J connectivity index is 2.39. The highest BCUT2D eigenvalue weighted by molar-refractivity contribution is 4.80. The molecule has 0 radical (unpaired) electrons. The Labute approximate surface area is 47.9 Å². The Kier molecular flexibility index (Phi) is 1.49. The second kappa shape index (κ2) is 2.00. The lowest BCUT2D eigenvalue weighted by molar-refractivity contribution is 0.199. The van der Waals surface area contributed by atoms with Gasteiger partial charge in [-0.3, -0.25) is 0 Å². The maximum absolute atomic E-state index is 12.2. The lowest BCUT2D eigenvalue weighted by atomic mass is 10.1. The van der Waals surface area contributed by atoms with E-state index in [-0.39, 0.29) is 5.92 Å². The fourth-order valence-corrected chi connectivity index (χ4v) is 1.16. The van der Waals surface area contributed by atoms with Crippen molar-refractivity contribution in [3.8, 4) is 0 Å². The molecule has 0 bridgehead atoms. The van der Waals surface area contributed by atoms with Gasteiger partial charge in [0.15, 0.2) is 0 Å². The Morgan fingerprint density at radius 3 is 1.62 bits per heavy atom. The minimum absolute atomic E-state index is 0.250. The summed E-state index contributed by atoms with van der Waals surface area (Å²) in [5, 5.41) is 0. The van der Waals surface area contributed by atoms with Gasteiger partial charge < -0.3 is 0 Å². The first-order chi connectivity index (χ1) is 3.70. The van der Waals surface area contributed by atoms with Crippen LogP contribution in [0.15, 0.2) is 0 Å². The molecule has 0 amide bonds. The van der Waals surface area contributed by atoms with E-state index < -0.39 is 12.3 Å². The molecule has 0 heterocycles. The highest BCUT2D eigenvalue weighted by Gasteiger charge is 2.31. The molecule has 0 aromatic rings. The number of hydrogen-bond acceptors (Lipinski definition) is 0. The molecule has 1 rings (SSSR count). The molecular weight excluding hydrogens is 110 g/mol. The Morgan fingerprint density at radius 2 is 1.50 bits per heavy atom. The predicted molar refractivity (Wildman–Crippen MR) is 28.2 cm³/mol. The molecule has 1 fully saturated rings. The highest BCUT2D eigenvalue weighted by atomic mass is 19.2. The molecule has 2 heteroatoms. The Bertz CT molecular complexity index is 72.6. The van der Waals surface area contributed by atoms with Crippen molar-refractivity contribution >= 4 is 0 Å². The van der Waals surface area contributed by atoms with Crippen molar-refractivity contribution in [1.29, 1.82) is 0 Å². The summed E-state index contributed by atoms with van der Waals surface area (Å²) >= 11 is 0. The normalized spacial score (nSPS) is 47.6. The summed E-state index contributed by atoms with van der Waals surface area (Å²) in [6, 6.07) is 0. The van der Waals surface area contributed by atoms with E-state index in [9.17, 15) is 8.78 Å². The van der Waals surface area contributed by atoms with Gasteiger partial charge >= 0.3 is 0 Å². The van der Waals surface area contributed by atoms with Gasteiger partial charge in [-0.2, -0.15) is 0 Å². The second-order valence-corrected chi connectivity index (χ2v) is 2.61. The van der Waals surface area contributed by atoms with Crippen LogP contribution in [0.4, 0.5) is 8.78 Å². The third-order valence-electron chi connectivity index (χ3n) is 1.65. The fraction of sp³-hybridized carbons (Fsp3) is 1.00. The lowest BCUT2D eigenvalue weighted by Crippen LogP contribution is -2.06. The quantitative estimate of drug-likeness (QED) is 0.459. The number of rotatable bonds is 0. The van der Waals surface area contributed by atoms with Crippen molar-refractivity contribution in [2.45, 2.75) is 32.1 Å². The van der Waals surface area contributed by atoms with Crippen molar-refractivity contribution in [2.24, 2.45) is 5.92 Å². The van der Waals surface area contributed by atoms with Crippen molar-refractivity contribution < 1.29 is 8.78 Å². The maximum Gasteiger partial charge on any atom is 0.131 e. The molecule has 1 unspecified atom stereocenters. The van der Waals surface area contributed by atoms with Gasteiger partial charge in [-0.1, -0.05) is 6.92 Å². The van der Waals surface area contributed by atoms with Gasteiger partial charge in [0.25, 0.3) is 0 Å². The van der Waals surface area contributed by atoms with E-state index in [1.54, 1.807) is 0 Å². The predicted octanol–water partition coefficient (Wildman–Crippen LogP) is 2.09. The van der Waals surface area contributed by atoms with Gasteiger partial charge in [-0.25, -0.2) is 8.78 Å². The lowest BCUT2D eigenvalue weighted by Gasteiger charge is -1.96. The van der Waals surface area contributed by atoms with Gasteiger partial charge in [0.2, 0.25) is 0 Å². The summed E-state index contributed by atoms with van der Waals surface area (Å²) in [6.45, 7) is 1.88. The van der Waals surface area contributed by atoms with Gasteiger partial charge in [0, 0.05) is 0 Å². The molecule has 0 nitrogen and oxygen atoms in total. The van der Waals surface area contributed by atoms with Gasteiger partial charge in [-0.15, -0.1) is 0 Å². The molecule has 0 N–H and O–H groups in total. The third-order valence-corrected chi connectivity index (χ3v) is 1.65. The van der Waals surface area contributed by atoms with Crippen molar-refractivity contribution in [2.75, 3.05) is 0 Å². The van der Waals surface area contributed by atoms with E-state index in [0.29, 0.717) is 12.8 Å². The maximum atomic E-state index is 12.2. The van der Waals surface area contributed by atoms with Crippen molar-refractivity contribution in [3.63, 3.8) is 0 Å². The minimum Gasteiger partial charge on any atom is -0.244 e. The first-order valence-electron chi connectivity index (χ1n) is 2.98. The first-order valence-corrected chi connectivity index (χ1v) is 2.98. The van der Waals surface area contributed by atoms with Crippen LogP contribution in [0.25, 0.3) is 0 Å². The largest absolute Gasteiger partial charge is 0.244 e. The van der Waals surface area contributed by atoms with E-state index in [1.807, 2.05) is 6.92 Å². The van der Waals surface area contributed by atoms with Gasteiger partial charge in [0.05, 0.1) is 0 Å². The summed E-state index contributed by atoms with van der Waals surface area (Å²) in [4.78, 5) is 0. The molecular formula is C6H10F2. The monoisotopic (exact) mass is 120 g/mol. The van der Waals surface area contributed by atoms with Crippen LogP contribution in [0.3, 0.4) is 0 Å². The van der Waals surface area contributed by atoms with Crippen LogP contribution in [-0.2, 0) is 0 Å². The molecule has 1 aliphatic carbocycles. The van der Waals surface area contributed by atoms with E-state index in [4.69, 9.17) is 0 Å². The average Bonchev–Trinajstić information content (AvgIpc) is 1.85. The van der Waals surface area contributed by atoms with Gasteiger partial charge in [0.1, 0.15) is 12.3 Å². The number of hydrogen-bond donors (Lipinski definition) is 0.